The van der Waals surface area contributed by atoms with Gasteiger partial charge in [-0.2, -0.15) is 0 Å². The van der Waals surface area contributed by atoms with Gasteiger partial charge in [-0.1, -0.05) is 42.0 Å². The number of aliphatic hydroxyl groups excluding tert-OH is 1. The predicted molar refractivity (Wildman–Crippen MR) is 103 cm³/mol. The van der Waals surface area contributed by atoms with Crippen molar-refractivity contribution in [3.05, 3.63) is 60.2 Å². The molecular formula is C19H31ClO4. The summed E-state index contributed by atoms with van der Waals surface area (Å²) < 4.78 is 9.73. The fraction of sp³-hybridized carbons (Fsp3) is 0.421. The molecule has 4 nitrogen and oxygen atoms in total. The summed E-state index contributed by atoms with van der Waals surface area (Å²) in [5.41, 5.74) is 0.541. The topological polar surface area (TPSA) is 55.8 Å². The largest absolute Gasteiger partial charge is 0.397 e. The Labute approximate surface area is 151 Å². The molecule has 0 aliphatic heterocycles. The van der Waals surface area contributed by atoms with Crippen LogP contribution in [0.4, 0.5) is 0 Å². The van der Waals surface area contributed by atoms with E-state index < -0.39 is 0 Å². The molecule has 0 spiro atoms. The zero-order valence-corrected chi connectivity index (χ0v) is 15.8. The summed E-state index contributed by atoms with van der Waals surface area (Å²) >= 11 is 5.59. The lowest BCUT2D eigenvalue weighted by molar-refractivity contribution is 0.112. The van der Waals surface area contributed by atoms with Crippen LogP contribution in [0.5, 0.6) is 0 Å². The first-order chi connectivity index (χ1) is 11.6. The van der Waals surface area contributed by atoms with Gasteiger partial charge in [-0.05, 0) is 26.8 Å². The van der Waals surface area contributed by atoms with Gasteiger partial charge in [0.2, 0.25) is 0 Å². The average Bonchev–Trinajstić information content (AvgIpc) is 2.58. The summed E-state index contributed by atoms with van der Waals surface area (Å²) in [5, 5.41) is 8.08. The molecule has 1 rings (SSSR count). The number of rotatable bonds is 7. The zero-order valence-electron chi connectivity index (χ0n) is 15.0. The standard InChI is InChI=1S/C7H5ClO.C6H10O.C4H10O.C2H6O/c8-7-4-2-1-3-6(7)5-9;1-3-5-7-6-4-2;1-3-5-4-2;1-2-3/h1-5H;3-4H,1-2,5-6H2;3-4H2,1-2H3;3H,2H2,1H3. The van der Waals surface area contributed by atoms with E-state index in [1.165, 1.54) is 0 Å². The molecule has 0 aliphatic rings. The molecule has 0 unspecified atom stereocenters. The van der Waals surface area contributed by atoms with E-state index in [9.17, 15) is 4.79 Å². The number of aldehydes is 1. The summed E-state index contributed by atoms with van der Waals surface area (Å²) in [6.07, 6.45) is 4.16. The van der Waals surface area contributed by atoms with Crippen LogP contribution in [0.25, 0.3) is 0 Å². The second-order valence-corrected chi connectivity index (χ2v) is 4.26. The van der Waals surface area contributed by atoms with Gasteiger partial charge in [0.1, 0.15) is 0 Å². The van der Waals surface area contributed by atoms with Crippen LogP contribution >= 0.6 is 11.6 Å². The van der Waals surface area contributed by atoms with Crippen LogP contribution in [0.2, 0.25) is 5.02 Å². The van der Waals surface area contributed by atoms with Crippen LogP contribution in [0.15, 0.2) is 49.6 Å². The van der Waals surface area contributed by atoms with Crippen LogP contribution in [-0.2, 0) is 9.47 Å². The third-order valence-corrected chi connectivity index (χ3v) is 2.26. The van der Waals surface area contributed by atoms with E-state index in [-0.39, 0.29) is 6.61 Å². The van der Waals surface area contributed by atoms with Crippen molar-refractivity contribution in [2.24, 2.45) is 0 Å². The summed E-state index contributed by atoms with van der Waals surface area (Å²) in [7, 11) is 0. The molecule has 0 aromatic heterocycles. The first-order valence-corrected chi connectivity index (χ1v) is 8.14. The number of halogens is 1. The van der Waals surface area contributed by atoms with Crippen LogP contribution in [0.1, 0.15) is 31.1 Å². The van der Waals surface area contributed by atoms with Gasteiger partial charge in [-0.15, -0.1) is 13.2 Å². The third-order valence-electron chi connectivity index (χ3n) is 1.91. The van der Waals surface area contributed by atoms with Crippen LogP contribution < -0.4 is 0 Å². The minimum absolute atomic E-state index is 0.250. The first kappa shape index (κ1) is 27.4. The maximum Gasteiger partial charge on any atom is 0.151 e. The Morgan fingerprint density at radius 2 is 1.50 bits per heavy atom. The van der Waals surface area contributed by atoms with E-state index in [1.807, 2.05) is 13.8 Å². The second kappa shape index (κ2) is 26.4. The first-order valence-electron chi connectivity index (χ1n) is 7.77. The summed E-state index contributed by atoms with van der Waals surface area (Å²) in [6, 6.07) is 6.92. The molecule has 0 radical (unpaired) electrons. The van der Waals surface area contributed by atoms with Crippen molar-refractivity contribution >= 4 is 17.9 Å². The molecule has 0 fully saturated rings. The minimum Gasteiger partial charge on any atom is -0.397 e. The number of carbonyl (C=O) groups excluding carboxylic acids is 1. The van der Waals surface area contributed by atoms with E-state index in [1.54, 1.807) is 43.3 Å². The normalized spacial score (nSPS) is 8.21. The van der Waals surface area contributed by atoms with Gasteiger partial charge in [0.05, 0.1) is 18.2 Å². The molecule has 0 amide bonds. The summed E-state index contributed by atoms with van der Waals surface area (Å²) in [5.74, 6) is 0. The maximum atomic E-state index is 10.1. The predicted octanol–water partition coefficient (Wildman–Crippen LogP) is 4.57. The molecular weight excluding hydrogens is 328 g/mol. The lowest BCUT2D eigenvalue weighted by Gasteiger charge is -1.90. The zero-order chi connectivity index (χ0) is 19.1. The Balaban J connectivity index is -0.000000264. The molecule has 24 heavy (non-hydrogen) atoms. The Morgan fingerprint density at radius 3 is 1.75 bits per heavy atom. The summed E-state index contributed by atoms with van der Waals surface area (Å²) in [6.45, 7) is 15.8. The molecule has 138 valence electrons. The van der Waals surface area contributed by atoms with E-state index in [0.717, 1.165) is 19.5 Å². The Bertz CT molecular complexity index is 385. The lowest BCUT2D eigenvalue weighted by atomic mass is 10.2. The van der Waals surface area contributed by atoms with Crippen LogP contribution in [-0.4, -0.2) is 44.4 Å². The van der Waals surface area contributed by atoms with Crippen molar-refractivity contribution in [3.63, 3.8) is 0 Å². The molecule has 1 aromatic rings. The van der Waals surface area contributed by atoms with Gasteiger partial charge in [0.25, 0.3) is 0 Å². The van der Waals surface area contributed by atoms with E-state index in [0.29, 0.717) is 23.8 Å². The number of hydrogen-bond acceptors (Lipinski definition) is 4. The molecule has 0 saturated heterocycles. The SMILES string of the molecule is C=CCOCC=C.CCO.CCOCC.O=Cc1ccccc1Cl. The third kappa shape index (κ3) is 25.5. The molecule has 0 heterocycles. The summed E-state index contributed by atoms with van der Waals surface area (Å²) in [4.78, 5) is 10.1. The van der Waals surface area contributed by atoms with E-state index in [4.69, 9.17) is 26.2 Å². The van der Waals surface area contributed by atoms with Crippen LogP contribution in [0.3, 0.4) is 0 Å². The van der Waals surface area contributed by atoms with Crippen molar-refractivity contribution < 1.29 is 19.4 Å². The van der Waals surface area contributed by atoms with Gasteiger partial charge < -0.3 is 14.6 Å². The van der Waals surface area contributed by atoms with Crippen molar-refractivity contribution in [1.82, 2.24) is 0 Å². The highest BCUT2D eigenvalue weighted by Gasteiger charge is 1.92. The molecule has 1 aromatic carbocycles. The Hall–Kier alpha value is -1.46. The molecule has 0 aliphatic carbocycles. The number of carbonyl (C=O) groups is 1. The Kier molecular flexibility index (Phi) is 30.2. The highest BCUT2D eigenvalue weighted by Crippen LogP contribution is 2.11. The highest BCUT2D eigenvalue weighted by atomic mass is 35.5. The highest BCUT2D eigenvalue weighted by molar-refractivity contribution is 6.32. The van der Waals surface area contributed by atoms with Gasteiger partial charge >= 0.3 is 0 Å². The molecule has 1 N–H and O–H groups in total. The molecule has 0 atom stereocenters. The fourth-order valence-corrected chi connectivity index (χ4v) is 1.19. The average molecular weight is 359 g/mol. The molecule has 5 heteroatoms. The Morgan fingerprint density at radius 1 is 1.04 bits per heavy atom. The fourth-order valence-electron chi connectivity index (χ4n) is 1.01. The van der Waals surface area contributed by atoms with E-state index in [2.05, 4.69) is 13.2 Å². The maximum absolute atomic E-state index is 10.1. The number of ether oxygens (including phenoxy) is 2. The van der Waals surface area contributed by atoms with E-state index >= 15 is 0 Å². The smallest absolute Gasteiger partial charge is 0.151 e. The van der Waals surface area contributed by atoms with Crippen LogP contribution in [0, 0.1) is 0 Å². The van der Waals surface area contributed by atoms with Crippen molar-refractivity contribution in [3.8, 4) is 0 Å². The van der Waals surface area contributed by atoms with Gasteiger partial charge in [0, 0.05) is 25.4 Å². The van der Waals surface area contributed by atoms with Crippen molar-refractivity contribution in [1.29, 1.82) is 0 Å². The number of benzene rings is 1. The number of aliphatic hydroxyl groups is 1. The van der Waals surface area contributed by atoms with Gasteiger partial charge in [0.15, 0.2) is 6.29 Å². The minimum atomic E-state index is 0.250. The lowest BCUT2D eigenvalue weighted by Crippen LogP contribution is -1.87. The second-order valence-electron chi connectivity index (χ2n) is 3.85. The number of hydrogen-bond donors (Lipinski definition) is 1. The quantitative estimate of drug-likeness (QED) is 0.440. The van der Waals surface area contributed by atoms with Gasteiger partial charge in [-0.3, -0.25) is 4.79 Å². The van der Waals surface area contributed by atoms with Crippen molar-refractivity contribution in [2.75, 3.05) is 33.0 Å². The monoisotopic (exact) mass is 358 g/mol. The molecule has 0 saturated carbocycles. The van der Waals surface area contributed by atoms with Crippen molar-refractivity contribution in [2.45, 2.75) is 20.8 Å². The molecule has 0 bridgehead atoms. The van der Waals surface area contributed by atoms with Gasteiger partial charge in [-0.25, -0.2) is 0 Å².